The summed E-state index contributed by atoms with van der Waals surface area (Å²) in [4.78, 5) is 20.2. The SMILES string of the molecule is CC(C)(N)CC(=O)Nc1cnc(-c2ccccc2)nc1. The second-order valence-electron chi connectivity index (χ2n) is 5.37. The van der Waals surface area contributed by atoms with Gasteiger partial charge in [-0.15, -0.1) is 0 Å². The number of rotatable bonds is 4. The summed E-state index contributed by atoms with van der Waals surface area (Å²) in [6, 6.07) is 9.66. The Morgan fingerprint density at radius 3 is 2.35 bits per heavy atom. The van der Waals surface area contributed by atoms with Gasteiger partial charge in [-0.3, -0.25) is 4.79 Å². The molecule has 20 heavy (non-hydrogen) atoms. The lowest BCUT2D eigenvalue weighted by Crippen LogP contribution is -2.36. The van der Waals surface area contributed by atoms with Gasteiger partial charge in [-0.2, -0.15) is 0 Å². The Kier molecular flexibility index (Phi) is 4.10. The first-order chi connectivity index (χ1) is 9.44. The molecule has 0 atom stereocenters. The van der Waals surface area contributed by atoms with Crippen LogP contribution < -0.4 is 11.1 Å². The molecule has 0 unspecified atom stereocenters. The highest BCUT2D eigenvalue weighted by Crippen LogP contribution is 2.15. The van der Waals surface area contributed by atoms with Crippen molar-refractivity contribution < 1.29 is 4.79 Å². The van der Waals surface area contributed by atoms with Crippen LogP contribution >= 0.6 is 0 Å². The number of anilines is 1. The molecule has 5 nitrogen and oxygen atoms in total. The van der Waals surface area contributed by atoms with Crippen molar-refractivity contribution >= 4 is 11.6 Å². The lowest BCUT2D eigenvalue weighted by atomic mass is 10.0. The molecule has 1 aromatic carbocycles. The molecule has 1 aromatic heterocycles. The van der Waals surface area contributed by atoms with Crippen LogP contribution in [0.5, 0.6) is 0 Å². The number of amides is 1. The molecular weight excluding hydrogens is 252 g/mol. The molecule has 0 aliphatic carbocycles. The monoisotopic (exact) mass is 270 g/mol. The average molecular weight is 270 g/mol. The van der Waals surface area contributed by atoms with Gasteiger partial charge in [0.2, 0.25) is 5.91 Å². The van der Waals surface area contributed by atoms with Crippen molar-refractivity contribution in [3.05, 3.63) is 42.7 Å². The summed E-state index contributed by atoms with van der Waals surface area (Å²) in [6.07, 6.45) is 3.43. The fraction of sp³-hybridized carbons (Fsp3) is 0.267. The predicted octanol–water partition coefficient (Wildman–Crippen LogP) is 2.21. The average Bonchev–Trinajstić information content (AvgIpc) is 2.38. The van der Waals surface area contributed by atoms with Crippen LogP contribution in [0.4, 0.5) is 5.69 Å². The Bertz CT molecular complexity index is 573. The highest BCUT2D eigenvalue weighted by atomic mass is 16.1. The van der Waals surface area contributed by atoms with Crippen molar-refractivity contribution in [1.82, 2.24) is 9.97 Å². The van der Waals surface area contributed by atoms with Crippen molar-refractivity contribution in [3.63, 3.8) is 0 Å². The number of carbonyl (C=O) groups is 1. The van der Waals surface area contributed by atoms with Crippen LogP contribution in [0, 0.1) is 0 Å². The first-order valence-electron chi connectivity index (χ1n) is 6.40. The summed E-state index contributed by atoms with van der Waals surface area (Å²) in [5.74, 6) is 0.483. The molecule has 0 saturated carbocycles. The van der Waals surface area contributed by atoms with Gasteiger partial charge in [0.15, 0.2) is 5.82 Å². The maximum absolute atomic E-state index is 11.7. The topological polar surface area (TPSA) is 80.9 Å². The van der Waals surface area contributed by atoms with E-state index in [4.69, 9.17) is 5.73 Å². The molecule has 2 aromatic rings. The van der Waals surface area contributed by atoms with E-state index in [1.54, 1.807) is 12.4 Å². The molecule has 0 aliphatic rings. The van der Waals surface area contributed by atoms with Crippen LogP contribution in [0.15, 0.2) is 42.7 Å². The Balaban J connectivity index is 2.04. The standard InChI is InChI=1S/C15H18N4O/c1-15(2,16)8-13(20)19-12-9-17-14(18-10-12)11-6-4-3-5-7-11/h3-7,9-10H,8,16H2,1-2H3,(H,19,20). The third kappa shape index (κ3) is 4.13. The van der Waals surface area contributed by atoms with Gasteiger partial charge in [-0.1, -0.05) is 30.3 Å². The Morgan fingerprint density at radius 1 is 1.20 bits per heavy atom. The van der Waals surface area contributed by atoms with Gasteiger partial charge in [0.05, 0.1) is 18.1 Å². The van der Waals surface area contributed by atoms with Crippen LogP contribution in [-0.4, -0.2) is 21.4 Å². The minimum Gasteiger partial charge on any atom is -0.325 e. The largest absolute Gasteiger partial charge is 0.325 e. The van der Waals surface area contributed by atoms with Crippen LogP contribution in [-0.2, 0) is 4.79 Å². The molecule has 2 rings (SSSR count). The number of nitrogens with two attached hydrogens (primary N) is 1. The van der Waals surface area contributed by atoms with E-state index in [-0.39, 0.29) is 12.3 Å². The molecule has 5 heteroatoms. The molecule has 0 spiro atoms. The molecule has 0 bridgehead atoms. The van der Waals surface area contributed by atoms with E-state index in [0.717, 1.165) is 5.56 Å². The van der Waals surface area contributed by atoms with Crippen LogP contribution in [0.25, 0.3) is 11.4 Å². The number of nitrogens with one attached hydrogen (secondary N) is 1. The van der Waals surface area contributed by atoms with E-state index in [1.807, 2.05) is 44.2 Å². The van der Waals surface area contributed by atoms with E-state index in [0.29, 0.717) is 11.5 Å². The summed E-state index contributed by atoms with van der Waals surface area (Å²) in [7, 11) is 0. The van der Waals surface area contributed by atoms with Gasteiger partial charge in [0.1, 0.15) is 0 Å². The van der Waals surface area contributed by atoms with Crippen molar-refractivity contribution in [2.75, 3.05) is 5.32 Å². The minimum absolute atomic E-state index is 0.145. The van der Waals surface area contributed by atoms with E-state index >= 15 is 0 Å². The van der Waals surface area contributed by atoms with Crippen molar-refractivity contribution in [2.45, 2.75) is 25.8 Å². The third-order valence-corrected chi connectivity index (χ3v) is 2.58. The van der Waals surface area contributed by atoms with Gasteiger partial charge in [0.25, 0.3) is 0 Å². The number of hydrogen-bond acceptors (Lipinski definition) is 4. The molecule has 0 fully saturated rings. The smallest absolute Gasteiger partial charge is 0.226 e. The quantitative estimate of drug-likeness (QED) is 0.892. The van der Waals surface area contributed by atoms with Crippen LogP contribution in [0.3, 0.4) is 0 Å². The zero-order valence-electron chi connectivity index (χ0n) is 11.6. The molecule has 0 radical (unpaired) electrons. The first-order valence-corrected chi connectivity index (χ1v) is 6.40. The predicted molar refractivity (Wildman–Crippen MR) is 79.0 cm³/mol. The lowest BCUT2D eigenvalue weighted by Gasteiger charge is -2.17. The zero-order chi connectivity index (χ0) is 14.6. The van der Waals surface area contributed by atoms with E-state index in [9.17, 15) is 4.79 Å². The zero-order valence-corrected chi connectivity index (χ0v) is 11.6. The number of aromatic nitrogens is 2. The molecule has 1 heterocycles. The maximum Gasteiger partial charge on any atom is 0.226 e. The molecule has 3 N–H and O–H groups in total. The van der Waals surface area contributed by atoms with Crippen molar-refractivity contribution in [3.8, 4) is 11.4 Å². The Morgan fingerprint density at radius 2 is 1.80 bits per heavy atom. The normalized spacial score (nSPS) is 11.2. The van der Waals surface area contributed by atoms with Gasteiger partial charge in [-0.25, -0.2) is 9.97 Å². The van der Waals surface area contributed by atoms with Crippen LogP contribution in [0.2, 0.25) is 0 Å². The fourth-order valence-electron chi connectivity index (χ4n) is 1.75. The summed E-state index contributed by atoms with van der Waals surface area (Å²) in [5.41, 5.74) is 6.77. The van der Waals surface area contributed by atoms with E-state index in [1.165, 1.54) is 0 Å². The molecule has 104 valence electrons. The molecule has 0 aliphatic heterocycles. The Labute approximate surface area is 118 Å². The molecular formula is C15H18N4O. The molecule has 0 saturated heterocycles. The third-order valence-electron chi connectivity index (χ3n) is 2.58. The maximum atomic E-state index is 11.7. The van der Waals surface area contributed by atoms with Crippen molar-refractivity contribution in [1.29, 1.82) is 0 Å². The Hall–Kier alpha value is -2.27. The van der Waals surface area contributed by atoms with Gasteiger partial charge < -0.3 is 11.1 Å². The number of nitrogens with zero attached hydrogens (tertiary/aromatic N) is 2. The fourth-order valence-corrected chi connectivity index (χ4v) is 1.75. The van der Waals surface area contributed by atoms with Gasteiger partial charge in [-0.05, 0) is 13.8 Å². The summed E-state index contributed by atoms with van der Waals surface area (Å²) in [5, 5.41) is 2.73. The summed E-state index contributed by atoms with van der Waals surface area (Å²) in [6.45, 7) is 3.61. The number of hydrogen-bond donors (Lipinski definition) is 2. The van der Waals surface area contributed by atoms with E-state index < -0.39 is 5.54 Å². The van der Waals surface area contributed by atoms with Gasteiger partial charge >= 0.3 is 0 Å². The summed E-state index contributed by atoms with van der Waals surface area (Å²) < 4.78 is 0. The van der Waals surface area contributed by atoms with Crippen molar-refractivity contribution in [2.24, 2.45) is 5.73 Å². The first kappa shape index (κ1) is 14.1. The molecule has 1 amide bonds. The van der Waals surface area contributed by atoms with E-state index in [2.05, 4.69) is 15.3 Å². The lowest BCUT2D eigenvalue weighted by molar-refractivity contribution is -0.117. The van der Waals surface area contributed by atoms with Crippen LogP contribution in [0.1, 0.15) is 20.3 Å². The highest BCUT2D eigenvalue weighted by Gasteiger charge is 2.16. The second kappa shape index (κ2) is 5.79. The van der Waals surface area contributed by atoms with Gasteiger partial charge in [0, 0.05) is 17.5 Å². The summed E-state index contributed by atoms with van der Waals surface area (Å²) >= 11 is 0. The second-order valence-corrected chi connectivity index (χ2v) is 5.37. The number of carbonyl (C=O) groups excluding carboxylic acids is 1. The highest BCUT2D eigenvalue weighted by molar-refractivity contribution is 5.91. The number of benzene rings is 1. The minimum atomic E-state index is -0.533.